The van der Waals surface area contributed by atoms with Gasteiger partial charge in [-0.15, -0.1) is 0 Å². The van der Waals surface area contributed by atoms with Crippen molar-refractivity contribution in [3.63, 3.8) is 0 Å². The Bertz CT molecular complexity index is 900. The van der Waals surface area contributed by atoms with Crippen LogP contribution in [0.3, 0.4) is 0 Å². The molecule has 0 unspecified atom stereocenters. The zero-order valence-electron chi connectivity index (χ0n) is 15.9. The third-order valence-electron chi connectivity index (χ3n) is 5.15. The minimum atomic E-state index is -0.247. The second kappa shape index (κ2) is 8.12. The largest absolute Gasteiger partial charge is 0.366 e. The summed E-state index contributed by atoms with van der Waals surface area (Å²) in [6.07, 6.45) is 6.63. The molecule has 0 radical (unpaired) electrons. The summed E-state index contributed by atoms with van der Waals surface area (Å²) < 4.78 is 2.90. The molecule has 0 amide bonds. The van der Waals surface area contributed by atoms with Gasteiger partial charge >= 0.3 is 5.69 Å². The number of anilines is 2. The molecule has 8 nitrogen and oxygen atoms in total. The fourth-order valence-electron chi connectivity index (χ4n) is 3.51. The molecule has 0 N–H and O–H groups in total. The van der Waals surface area contributed by atoms with Gasteiger partial charge in [-0.25, -0.2) is 14.8 Å². The van der Waals surface area contributed by atoms with Crippen molar-refractivity contribution >= 4 is 23.2 Å². The lowest BCUT2D eigenvalue weighted by Gasteiger charge is -2.37. The second-order valence-corrected chi connectivity index (χ2v) is 7.10. The van der Waals surface area contributed by atoms with Crippen LogP contribution in [0, 0.1) is 0 Å². The van der Waals surface area contributed by atoms with E-state index in [2.05, 4.69) is 19.8 Å². The van der Waals surface area contributed by atoms with Gasteiger partial charge in [0.15, 0.2) is 0 Å². The summed E-state index contributed by atoms with van der Waals surface area (Å²) >= 11 is 5.86. The number of hydrogen-bond acceptors (Lipinski definition) is 6. The molecule has 2 aromatic heterocycles. The highest BCUT2D eigenvalue weighted by atomic mass is 35.5. The highest BCUT2D eigenvalue weighted by Crippen LogP contribution is 2.22. The minimum Gasteiger partial charge on any atom is -0.366 e. The average Bonchev–Trinajstić information content (AvgIpc) is 2.69. The lowest BCUT2D eigenvalue weighted by atomic mass is 10.0. The number of piperidine rings is 1. The fourth-order valence-corrected chi connectivity index (χ4v) is 3.60. The Labute approximate surface area is 163 Å². The molecular formula is C18H25ClN6O2. The first kappa shape index (κ1) is 19.4. The zero-order chi connectivity index (χ0) is 19.6. The molecule has 3 heterocycles. The van der Waals surface area contributed by atoms with Crippen LogP contribution < -0.4 is 21.0 Å². The maximum atomic E-state index is 12.7. The van der Waals surface area contributed by atoms with E-state index in [9.17, 15) is 9.59 Å². The van der Waals surface area contributed by atoms with E-state index in [0.29, 0.717) is 29.7 Å². The van der Waals surface area contributed by atoms with E-state index in [1.54, 1.807) is 23.2 Å². The monoisotopic (exact) mass is 392 g/mol. The average molecular weight is 393 g/mol. The van der Waals surface area contributed by atoms with Gasteiger partial charge in [-0.2, -0.15) is 0 Å². The van der Waals surface area contributed by atoms with E-state index in [4.69, 9.17) is 11.6 Å². The van der Waals surface area contributed by atoms with Gasteiger partial charge in [-0.05, 0) is 26.7 Å². The van der Waals surface area contributed by atoms with Gasteiger partial charge in [0.1, 0.15) is 5.69 Å². The number of hydrogen-bond donors (Lipinski definition) is 0. The third kappa shape index (κ3) is 3.85. The lowest BCUT2D eigenvalue weighted by molar-refractivity contribution is 0.472. The summed E-state index contributed by atoms with van der Waals surface area (Å²) in [7, 11) is 1.98. The van der Waals surface area contributed by atoms with Crippen molar-refractivity contribution in [1.29, 1.82) is 0 Å². The Morgan fingerprint density at radius 3 is 2.33 bits per heavy atom. The molecule has 0 bridgehead atoms. The molecule has 1 saturated heterocycles. The molecule has 0 atom stereocenters. The molecule has 1 fully saturated rings. The van der Waals surface area contributed by atoms with Crippen LogP contribution in [0.5, 0.6) is 0 Å². The van der Waals surface area contributed by atoms with Gasteiger partial charge in [0.25, 0.3) is 5.56 Å². The van der Waals surface area contributed by atoms with Crippen molar-refractivity contribution in [2.45, 2.75) is 45.8 Å². The van der Waals surface area contributed by atoms with Crippen LogP contribution in [0.25, 0.3) is 0 Å². The second-order valence-electron chi connectivity index (χ2n) is 6.66. The summed E-state index contributed by atoms with van der Waals surface area (Å²) in [5.74, 6) is 0.644. The van der Waals surface area contributed by atoms with Gasteiger partial charge in [0.2, 0.25) is 5.95 Å². The summed E-state index contributed by atoms with van der Waals surface area (Å²) in [4.78, 5) is 37.7. The minimum absolute atomic E-state index is 0.208. The van der Waals surface area contributed by atoms with Crippen LogP contribution in [0.15, 0.2) is 28.2 Å². The quantitative estimate of drug-likeness (QED) is 0.769. The maximum Gasteiger partial charge on any atom is 0.331 e. The zero-order valence-corrected chi connectivity index (χ0v) is 16.7. The molecule has 0 aromatic carbocycles. The highest BCUT2D eigenvalue weighted by Gasteiger charge is 2.26. The van der Waals surface area contributed by atoms with Crippen molar-refractivity contribution in [1.82, 2.24) is 19.1 Å². The van der Waals surface area contributed by atoms with E-state index in [1.807, 2.05) is 20.9 Å². The predicted octanol–water partition coefficient (Wildman–Crippen LogP) is 1.60. The normalized spacial score (nSPS) is 15.2. The SMILES string of the molecule is CCn1cc(N2CCC(N(C)c3ncc(Cl)cn3)CC2)c(=O)n(CC)c1=O. The Morgan fingerprint density at radius 2 is 1.78 bits per heavy atom. The Morgan fingerprint density at radius 1 is 1.15 bits per heavy atom. The molecule has 146 valence electrons. The van der Waals surface area contributed by atoms with Gasteiger partial charge in [-0.3, -0.25) is 13.9 Å². The lowest BCUT2D eigenvalue weighted by Crippen LogP contribution is -2.48. The highest BCUT2D eigenvalue weighted by molar-refractivity contribution is 6.30. The fraction of sp³-hybridized carbons (Fsp3) is 0.556. The van der Waals surface area contributed by atoms with E-state index in [1.165, 1.54) is 4.57 Å². The number of aryl methyl sites for hydroxylation is 1. The maximum absolute atomic E-state index is 12.7. The predicted molar refractivity (Wildman–Crippen MR) is 107 cm³/mol. The summed E-state index contributed by atoms with van der Waals surface area (Å²) in [6, 6.07) is 0.285. The van der Waals surface area contributed by atoms with Crippen molar-refractivity contribution in [3.8, 4) is 0 Å². The molecule has 1 aliphatic heterocycles. The molecule has 0 spiro atoms. The molecular weight excluding hydrogens is 368 g/mol. The van der Waals surface area contributed by atoms with Crippen LogP contribution >= 0.6 is 11.6 Å². The van der Waals surface area contributed by atoms with Crippen molar-refractivity contribution in [2.75, 3.05) is 29.9 Å². The number of nitrogens with zero attached hydrogens (tertiary/aromatic N) is 6. The molecule has 2 aromatic rings. The molecule has 1 aliphatic rings. The molecule has 27 heavy (non-hydrogen) atoms. The summed E-state index contributed by atoms with van der Waals surface area (Å²) in [5.41, 5.74) is 0.144. The van der Waals surface area contributed by atoms with Crippen molar-refractivity contribution in [2.24, 2.45) is 0 Å². The molecule has 0 aliphatic carbocycles. The summed E-state index contributed by atoms with van der Waals surface area (Å²) in [5, 5.41) is 0.514. The van der Waals surface area contributed by atoms with Gasteiger partial charge in [0.05, 0.1) is 17.4 Å². The Balaban J connectivity index is 1.77. The van der Waals surface area contributed by atoms with Gasteiger partial charge < -0.3 is 9.80 Å². The van der Waals surface area contributed by atoms with Crippen LogP contribution in [-0.2, 0) is 13.1 Å². The first-order valence-electron chi connectivity index (χ1n) is 9.25. The summed E-state index contributed by atoms with van der Waals surface area (Å²) in [6.45, 7) is 6.12. The standard InChI is InChI=1S/C18H25ClN6O2/c1-4-23-12-15(16(26)25(5-2)18(23)27)24-8-6-14(7-9-24)22(3)17-20-10-13(19)11-21-17/h10-12,14H,4-9H2,1-3H3. The Hall–Kier alpha value is -2.35. The van der Waals surface area contributed by atoms with Gasteiger partial charge in [-0.1, -0.05) is 11.6 Å². The van der Waals surface area contributed by atoms with Crippen molar-refractivity contribution < 1.29 is 0 Å². The van der Waals surface area contributed by atoms with Crippen LogP contribution in [0.4, 0.5) is 11.6 Å². The first-order valence-corrected chi connectivity index (χ1v) is 9.63. The third-order valence-corrected chi connectivity index (χ3v) is 5.35. The smallest absolute Gasteiger partial charge is 0.331 e. The Kier molecular flexibility index (Phi) is 5.84. The van der Waals surface area contributed by atoms with E-state index < -0.39 is 0 Å². The topological polar surface area (TPSA) is 76.3 Å². The van der Waals surface area contributed by atoms with Crippen LogP contribution in [-0.4, -0.2) is 45.3 Å². The van der Waals surface area contributed by atoms with E-state index in [0.717, 1.165) is 25.9 Å². The number of halogens is 1. The van der Waals surface area contributed by atoms with Gasteiger partial charge in [0, 0.05) is 45.5 Å². The van der Waals surface area contributed by atoms with Crippen molar-refractivity contribution in [3.05, 3.63) is 44.5 Å². The van der Waals surface area contributed by atoms with E-state index in [-0.39, 0.29) is 17.3 Å². The molecule has 3 rings (SSSR count). The van der Waals surface area contributed by atoms with E-state index >= 15 is 0 Å². The number of aromatic nitrogens is 4. The van der Waals surface area contributed by atoms with Crippen LogP contribution in [0.1, 0.15) is 26.7 Å². The number of rotatable bonds is 5. The van der Waals surface area contributed by atoms with Crippen LogP contribution in [0.2, 0.25) is 5.02 Å². The molecule has 9 heteroatoms. The molecule has 0 saturated carbocycles. The first-order chi connectivity index (χ1) is 13.0.